The highest BCUT2D eigenvalue weighted by Crippen LogP contribution is 2.45. The monoisotopic (exact) mass is 439 g/mol. The van der Waals surface area contributed by atoms with E-state index >= 15 is 0 Å². The summed E-state index contributed by atoms with van der Waals surface area (Å²) in [5, 5.41) is 8.98. The van der Waals surface area contributed by atoms with Gasteiger partial charge in [0.25, 0.3) is 0 Å². The van der Waals surface area contributed by atoms with Crippen LogP contribution in [0.4, 0.5) is 14.6 Å². The molecule has 2 aromatic rings. The molecule has 5 rings (SSSR count). The van der Waals surface area contributed by atoms with E-state index in [0.29, 0.717) is 31.5 Å². The quantitative estimate of drug-likeness (QED) is 0.713. The molecular formula is C23H23F2N5O2. The number of carbonyl (C=O) groups is 1. The van der Waals surface area contributed by atoms with E-state index in [0.717, 1.165) is 37.3 Å². The Morgan fingerprint density at radius 3 is 2.50 bits per heavy atom. The van der Waals surface area contributed by atoms with Crippen molar-refractivity contribution in [3.8, 4) is 6.07 Å². The second kappa shape index (κ2) is 8.10. The molecule has 0 aromatic carbocycles. The summed E-state index contributed by atoms with van der Waals surface area (Å²) in [7, 11) is 0. The molecule has 0 spiro atoms. The van der Waals surface area contributed by atoms with Crippen LogP contribution in [0.5, 0.6) is 0 Å². The van der Waals surface area contributed by atoms with Gasteiger partial charge in [0.15, 0.2) is 5.82 Å². The van der Waals surface area contributed by atoms with Gasteiger partial charge in [0.2, 0.25) is 5.91 Å². The molecule has 2 aliphatic heterocycles. The Morgan fingerprint density at radius 2 is 1.94 bits per heavy atom. The molecule has 2 atom stereocenters. The van der Waals surface area contributed by atoms with E-state index in [9.17, 15) is 13.6 Å². The number of carbonyl (C=O) groups excluding carboxylic acids is 1. The lowest BCUT2D eigenvalue weighted by Gasteiger charge is -2.43. The third-order valence-electron chi connectivity index (χ3n) is 6.85. The van der Waals surface area contributed by atoms with E-state index in [4.69, 9.17) is 10.00 Å². The normalized spacial score (nSPS) is 23.5. The van der Waals surface area contributed by atoms with Crippen molar-refractivity contribution in [2.45, 2.75) is 49.8 Å². The van der Waals surface area contributed by atoms with Gasteiger partial charge in [0.05, 0.1) is 11.8 Å². The minimum Gasteiger partial charge on any atom is -0.359 e. The van der Waals surface area contributed by atoms with Crippen LogP contribution >= 0.6 is 0 Å². The van der Waals surface area contributed by atoms with Crippen molar-refractivity contribution in [2.75, 3.05) is 24.6 Å². The van der Waals surface area contributed by atoms with Crippen LogP contribution in [0.25, 0.3) is 0 Å². The fourth-order valence-electron chi connectivity index (χ4n) is 5.07. The highest BCUT2D eigenvalue weighted by molar-refractivity contribution is 5.78. The van der Waals surface area contributed by atoms with Crippen molar-refractivity contribution in [3.63, 3.8) is 0 Å². The first kappa shape index (κ1) is 20.8. The lowest BCUT2D eigenvalue weighted by Crippen LogP contribution is -2.56. The molecule has 0 radical (unpaired) electrons. The van der Waals surface area contributed by atoms with Crippen LogP contribution < -0.4 is 4.90 Å². The Hall–Kier alpha value is -3.12. The zero-order chi connectivity index (χ0) is 22.3. The number of nitrogens with zero attached hydrogens (tertiary/aromatic N) is 5. The van der Waals surface area contributed by atoms with Crippen LogP contribution in [-0.4, -0.2) is 52.6 Å². The average molecular weight is 439 g/mol. The highest BCUT2D eigenvalue weighted by Gasteiger charge is 2.45. The number of nitriles is 1. The zero-order valence-corrected chi connectivity index (χ0v) is 17.5. The number of hydrogen-bond acceptors (Lipinski definition) is 6. The molecule has 2 aromatic heterocycles. The third-order valence-corrected chi connectivity index (χ3v) is 6.85. The van der Waals surface area contributed by atoms with Crippen LogP contribution in [0.2, 0.25) is 0 Å². The van der Waals surface area contributed by atoms with Gasteiger partial charge in [-0.1, -0.05) is 0 Å². The first-order chi connectivity index (χ1) is 15.5. The molecule has 32 heavy (non-hydrogen) atoms. The zero-order valence-electron chi connectivity index (χ0n) is 17.5. The summed E-state index contributed by atoms with van der Waals surface area (Å²) >= 11 is 0. The minimum atomic E-state index is -0.958. The Kier molecular flexibility index (Phi) is 5.25. The lowest BCUT2D eigenvalue weighted by molar-refractivity contribution is -0.155. The van der Waals surface area contributed by atoms with Gasteiger partial charge in [-0.3, -0.25) is 9.78 Å². The fraction of sp³-hybridized carbons (Fsp3) is 0.478. The van der Waals surface area contributed by atoms with Crippen molar-refractivity contribution in [2.24, 2.45) is 0 Å². The summed E-state index contributed by atoms with van der Waals surface area (Å²) in [6.45, 7) is 0.972. The topological polar surface area (TPSA) is 82.4 Å². The number of rotatable bonds is 5. The number of fused-ring (bicyclic) bond motifs is 2. The summed E-state index contributed by atoms with van der Waals surface area (Å²) in [6.07, 6.45) is 6.43. The maximum atomic E-state index is 14.3. The Bertz CT molecular complexity index is 1050. The molecule has 166 valence electrons. The van der Waals surface area contributed by atoms with Crippen molar-refractivity contribution in [3.05, 3.63) is 53.5 Å². The molecule has 4 heterocycles. The van der Waals surface area contributed by atoms with Gasteiger partial charge in [-0.25, -0.2) is 13.8 Å². The van der Waals surface area contributed by atoms with Crippen molar-refractivity contribution >= 4 is 11.7 Å². The van der Waals surface area contributed by atoms with Gasteiger partial charge in [-0.15, -0.1) is 0 Å². The van der Waals surface area contributed by atoms with E-state index in [2.05, 4.69) is 20.9 Å². The van der Waals surface area contributed by atoms with E-state index in [1.165, 1.54) is 0 Å². The highest BCUT2D eigenvalue weighted by atomic mass is 19.1. The number of piperazine rings is 1. The van der Waals surface area contributed by atoms with Crippen molar-refractivity contribution in [1.29, 1.82) is 5.26 Å². The number of ether oxygens (including phenoxy) is 1. The second-order valence-electron chi connectivity index (χ2n) is 8.73. The van der Waals surface area contributed by atoms with E-state index in [1.54, 1.807) is 12.3 Å². The summed E-state index contributed by atoms with van der Waals surface area (Å²) < 4.78 is 33.5. The van der Waals surface area contributed by atoms with Gasteiger partial charge in [-0.2, -0.15) is 5.26 Å². The smallest absolute Gasteiger partial charge is 0.248 e. The third kappa shape index (κ3) is 3.58. The van der Waals surface area contributed by atoms with Crippen LogP contribution in [0.15, 0.2) is 30.6 Å². The number of hydrogen-bond donors (Lipinski definition) is 0. The average Bonchev–Trinajstić information content (AvgIpc) is 3.03. The maximum absolute atomic E-state index is 14.3. The Morgan fingerprint density at radius 1 is 1.19 bits per heavy atom. The number of likely N-dealkylation sites (tertiary alicyclic amines) is 1. The maximum Gasteiger partial charge on any atom is 0.248 e. The number of halogens is 2. The summed E-state index contributed by atoms with van der Waals surface area (Å²) in [4.78, 5) is 25.4. The molecule has 2 saturated heterocycles. The summed E-state index contributed by atoms with van der Waals surface area (Å²) in [5.74, 6) is -0.783. The largest absolute Gasteiger partial charge is 0.359 e. The Labute approximate surface area is 184 Å². The van der Waals surface area contributed by atoms with Gasteiger partial charge < -0.3 is 14.5 Å². The first-order valence-electron chi connectivity index (χ1n) is 10.9. The second-order valence-corrected chi connectivity index (χ2v) is 8.73. The standard InChI is InChI=1S/C23H23F2N5O2/c24-16-8-19(25)22(28-11-16)23(6-1-7-23)32-14-21(31)29-12-17-3-4-18(13-29)30(17)20-5-2-15(9-26)10-27-20/h2,5,8,10-11,17-18H,1,3-4,6-7,12-14H2/t17-,18?/m0/s1. The molecule has 1 amide bonds. The van der Waals surface area contributed by atoms with Gasteiger partial charge >= 0.3 is 0 Å². The van der Waals surface area contributed by atoms with Gasteiger partial charge in [-0.05, 0) is 44.2 Å². The van der Waals surface area contributed by atoms with Gasteiger partial charge in [0.1, 0.15) is 35.6 Å². The SMILES string of the molecule is N#Cc1ccc(N2C3CC[C@H]2CN(C(=O)COC2(c4ncc(F)cc4F)CCC2)C3)nc1. The molecule has 7 nitrogen and oxygen atoms in total. The van der Waals surface area contributed by atoms with Crippen LogP contribution in [-0.2, 0) is 15.1 Å². The molecule has 3 fully saturated rings. The van der Waals surface area contributed by atoms with Crippen LogP contribution in [0.1, 0.15) is 43.4 Å². The minimum absolute atomic E-state index is 0.0785. The molecule has 1 unspecified atom stereocenters. The molecule has 2 bridgehead atoms. The molecule has 0 N–H and O–H groups in total. The lowest BCUT2D eigenvalue weighted by atomic mass is 9.77. The van der Waals surface area contributed by atoms with Crippen LogP contribution in [0.3, 0.4) is 0 Å². The molecular weight excluding hydrogens is 416 g/mol. The fourth-order valence-corrected chi connectivity index (χ4v) is 5.07. The molecule has 9 heteroatoms. The predicted octanol–water partition coefficient (Wildman–Crippen LogP) is 2.90. The number of anilines is 1. The summed E-state index contributed by atoms with van der Waals surface area (Å²) in [6, 6.07) is 6.82. The molecule has 1 saturated carbocycles. The predicted molar refractivity (Wildman–Crippen MR) is 110 cm³/mol. The van der Waals surface area contributed by atoms with Gasteiger partial charge in [0, 0.05) is 37.4 Å². The molecule has 3 aliphatic rings. The van der Waals surface area contributed by atoms with Crippen molar-refractivity contribution in [1.82, 2.24) is 14.9 Å². The first-order valence-corrected chi connectivity index (χ1v) is 10.9. The van der Waals surface area contributed by atoms with E-state index in [-0.39, 0.29) is 30.3 Å². The molecule has 1 aliphatic carbocycles. The number of pyridine rings is 2. The van der Waals surface area contributed by atoms with Crippen molar-refractivity contribution < 1.29 is 18.3 Å². The van der Waals surface area contributed by atoms with Crippen LogP contribution in [0, 0.1) is 23.0 Å². The van der Waals surface area contributed by atoms with E-state index < -0.39 is 17.2 Å². The number of aromatic nitrogens is 2. The van der Waals surface area contributed by atoms with E-state index in [1.807, 2.05) is 11.0 Å². The number of amides is 1. The Balaban J connectivity index is 1.24. The summed E-state index contributed by atoms with van der Waals surface area (Å²) in [5.41, 5.74) is -0.362.